The molecule has 1 aromatic heterocycles. The number of H-pyrrole nitrogens is 1. The largest absolute Gasteiger partial charge is 0.497 e. The topological polar surface area (TPSA) is 78.0 Å². The van der Waals surface area contributed by atoms with Crippen LogP contribution in [0.25, 0.3) is 10.9 Å². The Balaban J connectivity index is 1.43. The van der Waals surface area contributed by atoms with Gasteiger partial charge in [-0.25, -0.2) is 5.01 Å². The fourth-order valence-electron chi connectivity index (χ4n) is 4.12. The fraction of sp³-hybridized carbons (Fsp3) is 0.227. The molecule has 29 heavy (non-hydrogen) atoms. The molecule has 7 nitrogen and oxygen atoms in total. The van der Waals surface area contributed by atoms with Gasteiger partial charge in [0.15, 0.2) is 0 Å². The average molecular weight is 388 g/mol. The van der Waals surface area contributed by atoms with Crippen molar-refractivity contribution in [2.45, 2.75) is 19.0 Å². The minimum Gasteiger partial charge on any atom is -0.497 e. The summed E-state index contributed by atoms with van der Waals surface area (Å²) < 4.78 is 5.21. The first kappa shape index (κ1) is 17.5. The number of hydrazone groups is 1. The molecule has 1 N–H and O–H groups in total. The summed E-state index contributed by atoms with van der Waals surface area (Å²) >= 11 is 0. The van der Waals surface area contributed by atoms with Crippen molar-refractivity contribution in [3.8, 4) is 5.75 Å². The summed E-state index contributed by atoms with van der Waals surface area (Å²) in [4.78, 5) is 30.9. The van der Waals surface area contributed by atoms with Gasteiger partial charge in [0.2, 0.25) is 5.91 Å². The van der Waals surface area contributed by atoms with Gasteiger partial charge in [-0.2, -0.15) is 5.10 Å². The van der Waals surface area contributed by atoms with Gasteiger partial charge in [0.25, 0.3) is 5.91 Å². The standard InChI is InChI=1S/C22H20N4O3/c1-29-15-6-4-5-14(9-15)11-23-26-13-21(27)25-12-19-17(10-20(25)22(26)28)16-7-2-3-8-18(16)24-19/h2-9,11,20,24H,10,12-13H2,1H3/t20-/m0/s1. The number of aromatic amines is 1. The second-order valence-corrected chi connectivity index (χ2v) is 7.29. The van der Waals surface area contributed by atoms with Gasteiger partial charge < -0.3 is 14.6 Å². The lowest BCUT2D eigenvalue weighted by molar-refractivity contribution is -0.157. The quantitative estimate of drug-likeness (QED) is 0.700. The summed E-state index contributed by atoms with van der Waals surface area (Å²) in [7, 11) is 1.60. The van der Waals surface area contributed by atoms with Crippen LogP contribution >= 0.6 is 0 Å². The summed E-state index contributed by atoms with van der Waals surface area (Å²) in [6.07, 6.45) is 2.08. The van der Waals surface area contributed by atoms with Crippen molar-refractivity contribution >= 4 is 28.9 Å². The molecule has 0 radical (unpaired) electrons. The Morgan fingerprint density at radius 1 is 1.14 bits per heavy atom. The molecule has 0 saturated carbocycles. The van der Waals surface area contributed by atoms with Crippen molar-refractivity contribution in [3.63, 3.8) is 0 Å². The molecule has 1 fully saturated rings. The number of aromatic nitrogens is 1. The Labute approximate surface area is 167 Å². The maximum absolute atomic E-state index is 13.1. The first-order chi connectivity index (χ1) is 14.1. The second kappa shape index (κ2) is 6.77. The zero-order chi connectivity index (χ0) is 20.0. The highest BCUT2D eigenvalue weighted by Crippen LogP contribution is 2.32. The molecule has 0 bridgehead atoms. The number of methoxy groups -OCH3 is 1. The van der Waals surface area contributed by atoms with Gasteiger partial charge >= 0.3 is 0 Å². The molecule has 2 aliphatic rings. The van der Waals surface area contributed by atoms with Crippen LogP contribution in [0.5, 0.6) is 5.75 Å². The highest BCUT2D eigenvalue weighted by atomic mass is 16.5. The molecule has 7 heteroatoms. The van der Waals surface area contributed by atoms with Gasteiger partial charge in [-0.1, -0.05) is 30.3 Å². The zero-order valence-corrected chi connectivity index (χ0v) is 16.0. The van der Waals surface area contributed by atoms with E-state index in [1.165, 1.54) is 5.01 Å². The summed E-state index contributed by atoms with van der Waals surface area (Å²) in [5, 5.41) is 6.70. The smallest absolute Gasteiger partial charge is 0.266 e. The van der Waals surface area contributed by atoms with Crippen LogP contribution in [0, 0.1) is 0 Å². The Bertz CT molecular complexity index is 1150. The molecule has 2 aliphatic heterocycles. The van der Waals surface area contributed by atoms with Gasteiger partial charge in [-0.05, 0) is 29.3 Å². The SMILES string of the molecule is COc1cccc(C=NN2CC(=O)N3Cc4[nH]c5ccccc5c4C[C@H]3C2=O)c1. The molecular formula is C22H20N4O3. The number of fused-ring (bicyclic) bond motifs is 4. The predicted octanol–water partition coefficient (Wildman–Crippen LogP) is 2.31. The number of carbonyl (C=O) groups is 2. The van der Waals surface area contributed by atoms with Crippen LogP contribution in [0.2, 0.25) is 0 Å². The van der Waals surface area contributed by atoms with Gasteiger partial charge in [0.05, 0.1) is 19.9 Å². The molecule has 0 aliphatic carbocycles. The summed E-state index contributed by atoms with van der Waals surface area (Å²) in [6, 6.07) is 14.9. The Morgan fingerprint density at radius 3 is 2.86 bits per heavy atom. The van der Waals surface area contributed by atoms with Crippen molar-refractivity contribution in [3.05, 3.63) is 65.4 Å². The van der Waals surface area contributed by atoms with Crippen molar-refractivity contribution in [2.24, 2.45) is 5.10 Å². The molecule has 3 aromatic rings. The lowest BCUT2D eigenvalue weighted by Crippen LogP contribution is -2.60. The average Bonchev–Trinajstić information content (AvgIpc) is 3.12. The Morgan fingerprint density at radius 2 is 2.00 bits per heavy atom. The summed E-state index contributed by atoms with van der Waals surface area (Å²) in [5.74, 6) is 0.460. The highest BCUT2D eigenvalue weighted by Gasteiger charge is 2.43. The lowest BCUT2D eigenvalue weighted by atomic mass is 9.94. The van der Waals surface area contributed by atoms with E-state index in [1.807, 2.05) is 48.5 Å². The van der Waals surface area contributed by atoms with Gasteiger partial charge in [-0.3, -0.25) is 9.59 Å². The van der Waals surface area contributed by atoms with Crippen molar-refractivity contribution in [2.75, 3.05) is 13.7 Å². The van der Waals surface area contributed by atoms with E-state index in [2.05, 4.69) is 10.1 Å². The molecule has 2 amide bonds. The number of amides is 2. The van der Waals surface area contributed by atoms with Crippen LogP contribution in [0.1, 0.15) is 16.8 Å². The third kappa shape index (κ3) is 2.95. The van der Waals surface area contributed by atoms with Crippen molar-refractivity contribution in [1.29, 1.82) is 0 Å². The first-order valence-electron chi connectivity index (χ1n) is 9.51. The molecule has 1 atom stereocenters. The maximum atomic E-state index is 13.1. The van der Waals surface area contributed by atoms with E-state index >= 15 is 0 Å². The van der Waals surface area contributed by atoms with E-state index in [-0.39, 0.29) is 18.4 Å². The number of hydrogen-bond donors (Lipinski definition) is 1. The molecule has 2 aromatic carbocycles. The number of nitrogens with zero attached hydrogens (tertiary/aromatic N) is 3. The normalized spacial score (nSPS) is 19.0. The Kier molecular flexibility index (Phi) is 4.08. The van der Waals surface area contributed by atoms with Crippen LogP contribution in [-0.2, 0) is 22.6 Å². The second-order valence-electron chi connectivity index (χ2n) is 7.29. The molecule has 146 valence electrons. The lowest BCUT2D eigenvalue weighted by Gasteiger charge is -2.40. The van der Waals surface area contributed by atoms with Crippen molar-refractivity contribution < 1.29 is 14.3 Å². The van der Waals surface area contributed by atoms with Gasteiger partial charge in [-0.15, -0.1) is 0 Å². The number of piperazine rings is 1. The Hall–Kier alpha value is -3.61. The van der Waals surface area contributed by atoms with Crippen LogP contribution in [0.15, 0.2) is 53.6 Å². The van der Waals surface area contributed by atoms with Gasteiger partial charge in [0, 0.05) is 23.0 Å². The predicted molar refractivity (Wildman–Crippen MR) is 109 cm³/mol. The van der Waals surface area contributed by atoms with E-state index in [0.717, 1.165) is 27.7 Å². The first-order valence-corrected chi connectivity index (χ1v) is 9.51. The highest BCUT2D eigenvalue weighted by molar-refractivity contribution is 5.97. The number of ether oxygens (including phenoxy) is 1. The molecule has 0 unspecified atom stereocenters. The third-order valence-electron chi connectivity index (χ3n) is 5.59. The number of carbonyl (C=O) groups excluding carboxylic acids is 2. The van der Waals surface area contributed by atoms with E-state index < -0.39 is 6.04 Å². The molecular weight excluding hydrogens is 368 g/mol. The number of para-hydroxylation sites is 1. The minimum absolute atomic E-state index is 0.0502. The number of nitrogens with one attached hydrogen (secondary N) is 1. The van der Waals surface area contributed by atoms with E-state index in [1.54, 1.807) is 18.2 Å². The molecule has 5 rings (SSSR count). The summed E-state index contributed by atoms with van der Waals surface area (Å²) in [6.45, 7) is 0.373. The molecule has 0 spiro atoms. The number of benzene rings is 2. The van der Waals surface area contributed by atoms with Crippen LogP contribution < -0.4 is 4.74 Å². The zero-order valence-electron chi connectivity index (χ0n) is 16.0. The summed E-state index contributed by atoms with van der Waals surface area (Å²) in [5.41, 5.74) is 3.96. The molecule has 3 heterocycles. The number of rotatable bonds is 3. The minimum atomic E-state index is -0.523. The maximum Gasteiger partial charge on any atom is 0.266 e. The van der Waals surface area contributed by atoms with E-state index in [9.17, 15) is 9.59 Å². The van der Waals surface area contributed by atoms with Crippen LogP contribution in [0.4, 0.5) is 0 Å². The van der Waals surface area contributed by atoms with Gasteiger partial charge in [0.1, 0.15) is 18.3 Å². The van der Waals surface area contributed by atoms with E-state index in [4.69, 9.17) is 4.74 Å². The fourth-order valence-corrected chi connectivity index (χ4v) is 4.12. The van der Waals surface area contributed by atoms with Crippen LogP contribution in [-0.4, -0.2) is 52.6 Å². The number of hydrogen-bond acceptors (Lipinski definition) is 4. The monoisotopic (exact) mass is 388 g/mol. The third-order valence-corrected chi connectivity index (χ3v) is 5.59. The van der Waals surface area contributed by atoms with Crippen molar-refractivity contribution in [1.82, 2.24) is 14.9 Å². The van der Waals surface area contributed by atoms with E-state index in [0.29, 0.717) is 18.7 Å². The van der Waals surface area contributed by atoms with Crippen LogP contribution in [0.3, 0.4) is 0 Å². The molecule has 1 saturated heterocycles.